The van der Waals surface area contributed by atoms with Gasteiger partial charge < -0.3 is 10.4 Å². The van der Waals surface area contributed by atoms with Gasteiger partial charge in [-0.1, -0.05) is 67.6 Å². The van der Waals surface area contributed by atoms with E-state index in [4.69, 9.17) is 0 Å². The fraction of sp³-hybridized carbons (Fsp3) is 0.214. The van der Waals surface area contributed by atoms with Gasteiger partial charge in [-0.15, -0.1) is 16.3 Å². The minimum atomic E-state index is 0.00562. The maximum absolute atomic E-state index is 13.3. The van der Waals surface area contributed by atoms with E-state index in [-0.39, 0.29) is 11.7 Å². The highest BCUT2D eigenvalue weighted by Crippen LogP contribution is 2.30. The Morgan fingerprint density at radius 2 is 1.59 bits per heavy atom. The normalized spacial score (nSPS) is 13.5. The molecule has 0 bridgehead atoms. The molecule has 0 unspecified atom stereocenters. The van der Waals surface area contributed by atoms with Crippen LogP contribution in [-0.2, 0) is 17.1 Å². The number of allylic oxidation sites excluding steroid dienone is 1. The van der Waals surface area contributed by atoms with Crippen molar-refractivity contribution in [3.05, 3.63) is 107 Å². The third kappa shape index (κ3) is 6.16. The first-order valence-corrected chi connectivity index (χ1v) is 12.5. The summed E-state index contributed by atoms with van der Waals surface area (Å²) in [6.45, 7) is 5.43. The van der Waals surface area contributed by atoms with Crippen LogP contribution in [-0.4, -0.2) is 46.3 Å². The molecule has 34 heavy (non-hydrogen) atoms. The SMILES string of the molecule is CCN(CCNC1=C(SCc2ccccc2)C(=O)[N+](c2ccccc2)=C1)Cc1ccc(O)cc1. The van der Waals surface area contributed by atoms with Crippen LogP contribution in [0.4, 0.5) is 5.69 Å². The second-order valence-corrected chi connectivity index (χ2v) is 9.10. The fourth-order valence-electron chi connectivity index (χ4n) is 3.80. The lowest BCUT2D eigenvalue weighted by molar-refractivity contribution is -0.353. The van der Waals surface area contributed by atoms with Gasteiger partial charge in [-0.05, 0) is 29.8 Å². The van der Waals surface area contributed by atoms with E-state index in [2.05, 4.69) is 29.3 Å². The molecule has 0 fully saturated rings. The van der Waals surface area contributed by atoms with Crippen molar-refractivity contribution >= 4 is 29.6 Å². The molecule has 1 amide bonds. The molecule has 4 rings (SSSR count). The van der Waals surface area contributed by atoms with Crippen LogP contribution in [0.1, 0.15) is 18.1 Å². The molecule has 2 N–H and O–H groups in total. The Balaban J connectivity index is 1.44. The van der Waals surface area contributed by atoms with E-state index in [1.54, 1.807) is 28.5 Å². The number of para-hydroxylation sites is 1. The van der Waals surface area contributed by atoms with Crippen LogP contribution in [0.25, 0.3) is 0 Å². The molecule has 1 heterocycles. The maximum Gasteiger partial charge on any atom is 0.434 e. The number of carbonyl (C=O) groups excluding carboxylic acids is 1. The van der Waals surface area contributed by atoms with Crippen LogP contribution in [0.3, 0.4) is 0 Å². The lowest BCUT2D eigenvalue weighted by atomic mass is 10.2. The summed E-state index contributed by atoms with van der Waals surface area (Å²) in [4.78, 5) is 16.4. The van der Waals surface area contributed by atoms with Crippen molar-refractivity contribution in [2.45, 2.75) is 19.2 Å². The number of hydrogen-bond acceptors (Lipinski definition) is 5. The standard InChI is InChI=1S/C28H29N3O2S/c1-2-30(19-22-13-15-25(32)16-14-22)18-17-29-26-20-31(24-11-7-4-8-12-24)28(33)27(26)34-21-23-9-5-3-6-10-23/h3-16,20H,2,17-19,21H2,1H3,(H-,29,32,33)/p+1. The number of thioether (sulfide) groups is 1. The smallest absolute Gasteiger partial charge is 0.434 e. The molecule has 0 saturated carbocycles. The number of phenolic OH excluding ortho intramolecular Hbond substituents is 1. The van der Waals surface area contributed by atoms with Crippen LogP contribution in [0.15, 0.2) is 95.5 Å². The van der Waals surface area contributed by atoms with Crippen LogP contribution >= 0.6 is 11.8 Å². The van der Waals surface area contributed by atoms with E-state index in [0.717, 1.165) is 53.8 Å². The highest BCUT2D eigenvalue weighted by atomic mass is 32.2. The Morgan fingerprint density at radius 3 is 2.26 bits per heavy atom. The molecule has 0 aliphatic carbocycles. The Hall–Kier alpha value is -3.35. The number of rotatable bonds is 11. The number of likely N-dealkylation sites (N-methyl/N-ethyl adjacent to an activating group) is 1. The van der Waals surface area contributed by atoms with Crippen LogP contribution in [0.5, 0.6) is 5.75 Å². The third-order valence-electron chi connectivity index (χ3n) is 5.71. The van der Waals surface area contributed by atoms with E-state index in [0.29, 0.717) is 0 Å². The molecule has 1 aliphatic heterocycles. The lowest BCUT2D eigenvalue weighted by Gasteiger charge is -2.21. The monoisotopic (exact) mass is 472 g/mol. The Labute approximate surface area is 205 Å². The van der Waals surface area contributed by atoms with Gasteiger partial charge in [-0.2, -0.15) is 0 Å². The summed E-state index contributed by atoms with van der Waals surface area (Å²) in [5.74, 6) is 1.03. The largest absolute Gasteiger partial charge is 0.508 e. The Bertz CT molecular complexity index is 1160. The number of nitrogens with one attached hydrogen (secondary N) is 1. The van der Waals surface area contributed by atoms with Crippen LogP contribution in [0, 0.1) is 0 Å². The lowest BCUT2D eigenvalue weighted by Crippen LogP contribution is -2.31. The minimum absolute atomic E-state index is 0.00562. The summed E-state index contributed by atoms with van der Waals surface area (Å²) in [6.07, 6.45) is 1.92. The average Bonchev–Trinajstić information content (AvgIpc) is 3.19. The van der Waals surface area contributed by atoms with Crippen LogP contribution < -0.4 is 5.32 Å². The van der Waals surface area contributed by atoms with E-state index in [1.807, 2.05) is 66.9 Å². The molecule has 0 aromatic heterocycles. The molecule has 3 aromatic carbocycles. The van der Waals surface area contributed by atoms with Crippen molar-refractivity contribution in [2.75, 3.05) is 19.6 Å². The molecule has 5 nitrogen and oxygen atoms in total. The summed E-state index contributed by atoms with van der Waals surface area (Å²) in [5.41, 5.74) is 4.09. The Morgan fingerprint density at radius 1 is 0.912 bits per heavy atom. The van der Waals surface area contributed by atoms with Gasteiger partial charge in [-0.3, -0.25) is 4.90 Å². The molecule has 6 heteroatoms. The molecule has 0 spiro atoms. The minimum Gasteiger partial charge on any atom is -0.508 e. The van der Waals surface area contributed by atoms with Gasteiger partial charge in [0.15, 0.2) is 4.91 Å². The maximum atomic E-state index is 13.3. The number of aromatic hydroxyl groups is 1. The molecule has 0 radical (unpaired) electrons. The van der Waals surface area contributed by atoms with Crippen molar-refractivity contribution in [1.82, 2.24) is 10.2 Å². The van der Waals surface area contributed by atoms with Crippen molar-refractivity contribution in [3.8, 4) is 5.75 Å². The predicted octanol–water partition coefficient (Wildman–Crippen LogP) is 4.90. The van der Waals surface area contributed by atoms with Crippen molar-refractivity contribution in [2.24, 2.45) is 0 Å². The second-order valence-electron chi connectivity index (χ2n) is 8.12. The Kier molecular flexibility index (Phi) is 8.17. The first kappa shape index (κ1) is 23.8. The van der Waals surface area contributed by atoms with Crippen molar-refractivity contribution in [1.29, 1.82) is 0 Å². The molecule has 0 atom stereocenters. The number of benzene rings is 3. The van der Waals surface area contributed by atoms with Crippen molar-refractivity contribution < 1.29 is 14.5 Å². The number of carbonyl (C=O) groups is 1. The molecule has 3 aromatic rings. The zero-order valence-corrected chi connectivity index (χ0v) is 20.2. The van der Waals surface area contributed by atoms with Crippen LogP contribution in [0.2, 0.25) is 0 Å². The van der Waals surface area contributed by atoms with E-state index < -0.39 is 0 Å². The number of phenols is 1. The summed E-state index contributed by atoms with van der Waals surface area (Å²) in [6, 6.07) is 27.3. The van der Waals surface area contributed by atoms with Gasteiger partial charge in [0.25, 0.3) is 0 Å². The topological polar surface area (TPSA) is 55.6 Å². The molecular weight excluding hydrogens is 442 g/mol. The molecule has 0 saturated heterocycles. The zero-order chi connectivity index (χ0) is 23.8. The van der Waals surface area contributed by atoms with Gasteiger partial charge in [0.1, 0.15) is 11.4 Å². The second kappa shape index (κ2) is 11.7. The average molecular weight is 473 g/mol. The van der Waals surface area contributed by atoms with Crippen molar-refractivity contribution in [3.63, 3.8) is 0 Å². The predicted molar refractivity (Wildman–Crippen MR) is 139 cm³/mol. The van der Waals surface area contributed by atoms with E-state index in [1.165, 1.54) is 5.56 Å². The van der Waals surface area contributed by atoms with Gasteiger partial charge in [-0.25, -0.2) is 4.79 Å². The number of amides is 1. The van der Waals surface area contributed by atoms with Gasteiger partial charge in [0.2, 0.25) is 11.9 Å². The molecule has 174 valence electrons. The van der Waals surface area contributed by atoms with E-state index in [9.17, 15) is 9.90 Å². The summed E-state index contributed by atoms with van der Waals surface area (Å²) in [5, 5.41) is 13.0. The van der Waals surface area contributed by atoms with Gasteiger partial charge >= 0.3 is 5.91 Å². The number of hydrogen-bond donors (Lipinski definition) is 2. The van der Waals surface area contributed by atoms with E-state index >= 15 is 0 Å². The fourth-order valence-corrected chi connectivity index (χ4v) is 4.81. The number of nitrogens with zero attached hydrogens (tertiary/aromatic N) is 2. The van der Waals surface area contributed by atoms with Gasteiger partial charge in [0.05, 0.1) is 0 Å². The highest BCUT2D eigenvalue weighted by Gasteiger charge is 2.35. The highest BCUT2D eigenvalue weighted by molar-refractivity contribution is 8.03. The molecule has 1 aliphatic rings. The third-order valence-corrected chi connectivity index (χ3v) is 6.87. The zero-order valence-electron chi connectivity index (χ0n) is 19.4. The first-order chi connectivity index (χ1) is 16.6. The molecular formula is C28H30N3O2S+. The summed E-state index contributed by atoms with van der Waals surface area (Å²) in [7, 11) is 0. The quantitative estimate of drug-likeness (QED) is 0.389. The summed E-state index contributed by atoms with van der Waals surface area (Å²) >= 11 is 1.58. The van der Waals surface area contributed by atoms with Gasteiger partial charge in [0, 0.05) is 37.5 Å². The summed E-state index contributed by atoms with van der Waals surface area (Å²) < 4.78 is 1.73. The first-order valence-electron chi connectivity index (χ1n) is 11.5.